The Bertz CT molecular complexity index is 731. The highest BCUT2D eigenvalue weighted by atomic mass is 15.1. The smallest absolute Gasteiger partial charge is 0.0481 e. The highest BCUT2D eigenvalue weighted by Gasteiger charge is 2.32. The molecule has 0 saturated carbocycles. The maximum absolute atomic E-state index is 4.69. The molecule has 2 aromatic carbocycles. The molecule has 1 fully saturated rings. The number of rotatable bonds is 5. The zero-order chi connectivity index (χ0) is 16.9. The molecule has 1 aliphatic heterocycles. The topological polar surface area (TPSA) is 16.1 Å². The second kappa shape index (κ2) is 7.62. The standard InChI is InChI=1S/C23H24N2/c1-3-9-19(10-4-1)17-25-16-14-21(18-25)23(20-11-5-2-6-12-20)22-13-7-8-15-24-22/h1-13,15,21,23H,14,16-18H2/t21-,23-/m1/s1. The van der Waals surface area contributed by atoms with Gasteiger partial charge < -0.3 is 0 Å². The van der Waals surface area contributed by atoms with E-state index in [2.05, 4.69) is 77.7 Å². The second-order valence-electron chi connectivity index (χ2n) is 6.91. The lowest BCUT2D eigenvalue weighted by Gasteiger charge is -2.24. The molecule has 25 heavy (non-hydrogen) atoms. The number of hydrogen-bond acceptors (Lipinski definition) is 2. The average molecular weight is 328 g/mol. The Labute approximate surface area is 150 Å². The van der Waals surface area contributed by atoms with Gasteiger partial charge in [-0.05, 0) is 42.1 Å². The van der Waals surface area contributed by atoms with Gasteiger partial charge in [0.25, 0.3) is 0 Å². The van der Waals surface area contributed by atoms with Crippen LogP contribution in [0.2, 0.25) is 0 Å². The summed E-state index contributed by atoms with van der Waals surface area (Å²) < 4.78 is 0. The van der Waals surface area contributed by atoms with Crippen molar-refractivity contribution < 1.29 is 0 Å². The molecule has 2 heteroatoms. The molecule has 2 nitrogen and oxygen atoms in total. The van der Waals surface area contributed by atoms with Crippen LogP contribution in [0.5, 0.6) is 0 Å². The molecule has 0 aliphatic carbocycles. The summed E-state index contributed by atoms with van der Waals surface area (Å²) in [6.07, 6.45) is 3.14. The minimum Gasteiger partial charge on any atom is -0.299 e. The number of hydrogen-bond donors (Lipinski definition) is 0. The summed E-state index contributed by atoms with van der Waals surface area (Å²) in [6.45, 7) is 3.34. The van der Waals surface area contributed by atoms with Crippen molar-refractivity contribution in [1.82, 2.24) is 9.88 Å². The minimum atomic E-state index is 0.378. The fourth-order valence-corrected chi connectivity index (χ4v) is 4.02. The third-order valence-electron chi connectivity index (χ3n) is 5.19. The zero-order valence-electron chi connectivity index (χ0n) is 14.5. The maximum Gasteiger partial charge on any atom is 0.0481 e. The van der Waals surface area contributed by atoms with Crippen molar-refractivity contribution in [3.63, 3.8) is 0 Å². The zero-order valence-corrected chi connectivity index (χ0v) is 14.5. The Balaban J connectivity index is 1.55. The van der Waals surface area contributed by atoms with Gasteiger partial charge in [0.2, 0.25) is 0 Å². The Hall–Kier alpha value is -2.45. The Morgan fingerprint density at radius 1 is 0.880 bits per heavy atom. The first kappa shape index (κ1) is 16.0. The normalized spacial score (nSPS) is 19.0. The van der Waals surface area contributed by atoms with Crippen molar-refractivity contribution in [1.29, 1.82) is 0 Å². The van der Waals surface area contributed by atoms with Crippen LogP contribution in [-0.2, 0) is 6.54 Å². The van der Waals surface area contributed by atoms with Gasteiger partial charge >= 0.3 is 0 Å². The number of pyridine rings is 1. The number of likely N-dealkylation sites (tertiary alicyclic amines) is 1. The lowest BCUT2D eigenvalue weighted by atomic mass is 9.82. The van der Waals surface area contributed by atoms with E-state index in [0.717, 1.165) is 19.6 Å². The lowest BCUT2D eigenvalue weighted by Crippen LogP contribution is -2.23. The van der Waals surface area contributed by atoms with Crippen LogP contribution in [0.15, 0.2) is 85.1 Å². The van der Waals surface area contributed by atoms with Crippen LogP contribution in [0, 0.1) is 5.92 Å². The van der Waals surface area contributed by atoms with Crippen molar-refractivity contribution in [2.45, 2.75) is 18.9 Å². The first-order valence-corrected chi connectivity index (χ1v) is 9.12. The van der Waals surface area contributed by atoms with Gasteiger partial charge in [-0.25, -0.2) is 0 Å². The minimum absolute atomic E-state index is 0.378. The first-order chi connectivity index (χ1) is 12.4. The van der Waals surface area contributed by atoms with E-state index in [1.54, 1.807) is 0 Å². The predicted octanol–water partition coefficient (Wildman–Crippen LogP) is 4.74. The molecule has 0 radical (unpaired) electrons. The van der Waals surface area contributed by atoms with Crippen LogP contribution in [0.25, 0.3) is 0 Å². The van der Waals surface area contributed by atoms with E-state index in [0.29, 0.717) is 11.8 Å². The fraction of sp³-hybridized carbons (Fsp3) is 0.261. The van der Waals surface area contributed by atoms with Crippen LogP contribution in [0.4, 0.5) is 0 Å². The van der Waals surface area contributed by atoms with E-state index in [9.17, 15) is 0 Å². The molecular formula is C23H24N2. The summed E-state index contributed by atoms with van der Waals surface area (Å²) in [7, 11) is 0. The number of nitrogens with zero attached hydrogens (tertiary/aromatic N) is 2. The molecule has 0 amide bonds. The highest BCUT2D eigenvalue weighted by Crippen LogP contribution is 2.36. The summed E-state index contributed by atoms with van der Waals surface area (Å²) in [4.78, 5) is 7.27. The fourth-order valence-electron chi connectivity index (χ4n) is 4.02. The summed E-state index contributed by atoms with van der Waals surface area (Å²) in [6, 6.07) is 27.9. The Morgan fingerprint density at radius 3 is 2.32 bits per heavy atom. The van der Waals surface area contributed by atoms with Gasteiger partial charge in [0.05, 0.1) is 0 Å². The average Bonchev–Trinajstić information content (AvgIpc) is 3.12. The quantitative estimate of drug-likeness (QED) is 0.673. The van der Waals surface area contributed by atoms with Gasteiger partial charge in [-0.1, -0.05) is 66.7 Å². The molecule has 0 N–H and O–H groups in total. The largest absolute Gasteiger partial charge is 0.299 e. The predicted molar refractivity (Wildman–Crippen MR) is 102 cm³/mol. The van der Waals surface area contributed by atoms with Gasteiger partial charge in [0.1, 0.15) is 0 Å². The number of benzene rings is 2. The van der Waals surface area contributed by atoms with Gasteiger partial charge in [-0.3, -0.25) is 9.88 Å². The van der Waals surface area contributed by atoms with Gasteiger partial charge in [-0.2, -0.15) is 0 Å². The maximum atomic E-state index is 4.69. The third-order valence-corrected chi connectivity index (χ3v) is 5.19. The van der Waals surface area contributed by atoms with E-state index in [1.165, 1.54) is 23.2 Å². The third kappa shape index (κ3) is 3.80. The SMILES string of the molecule is c1ccc(CN2CC[C@@H]([C@@H](c3ccccc3)c3ccccn3)C2)cc1. The molecule has 0 spiro atoms. The molecular weight excluding hydrogens is 304 g/mol. The summed E-state index contributed by atoms with van der Waals surface area (Å²) in [5.74, 6) is 0.990. The van der Waals surface area contributed by atoms with Crippen molar-refractivity contribution in [3.05, 3.63) is 102 Å². The van der Waals surface area contributed by atoms with E-state index >= 15 is 0 Å². The molecule has 1 aromatic heterocycles. The summed E-state index contributed by atoms with van der Waals surface area (Å²) >= 11 is 0. The molecule has 2 atom stereocenters. The van der Waals surface area contributed by atoms with E-state index in [4.69, 9.17) is 4.98 Å². The molecule has 1 aliphatic rings. The van der Waals surface area contributed by atoms with Crippen LogP contribution in [0.1, 0.15) is 29.2 Å². The van der Waals surface area contributed by atoms with Gasteiger partial charge in [0, 0.05) is 30.9 Å². The highest BCUT2D eigenvalue weighted by molar-refractivity contribution is 5.30. The monoisotopic (exact) mass is 328 g/mol. The van der Waals surface area contributed by atoms with E-state index < -0.39 is 0 Å². The summed E-state index contributed by atoms with van der Waals surface area (Å²) in [5.41, 5.74) is 3.98. The van der Waals surface area contributed by atoms with Gasteiger partial charge in [-0.15, -0.1) is 0 Å². The molecule has 3 aromatic rings. The second-order valence-corrected chi connectivity index (χ2v) is 6.91. The van der Waals surface area contributed by atoms with E-state index in [-0.39, 0.29) is 0 Å². The van der Waals surface area contributed by atoms with Crippen LogP contribution in [0.3, 0.4) is 0 Å². The van der Waals surface area contributed by atoms with Crippen molar-refractivity contribution in [2.75, 3.05) is 13.1 Å². The van der Waals surface area contributed by atoms with Crippen LogP contribution < -0.4 is 0 Å². The molecule has 1 saturated heterocycles. The van der Waals surface area contributed by atoms with Crippen molar-refractivity contribution in [3.8, 4) is 0 Å². The summed E-state index contributed by atoms with van der Waals surface area (Å²) in [5, 5.41) is 0. The van der Waals surface area contributed by atoms with Crippen LogP contribution in [-0.4, -0.2) is 23.0 Å². The Kier molecular flexibility index (Phi) is 4.89. The van der Waals surface area contributed by atoms with Gasteiger partial charge in [0.15, 0.2) is 0 Å². The molecule has 126 valence electrons. The number of aromatic nitrogens is 1. The molecule has 0 unspecified atom stereocenters. The first-order valence-electron chi connectivity index (χ1n) is 9.12. The molecule has 0 bridgehead atoms. The van der Waals surface area contributed by atoms with Crippen molar-refractivity contribution >= 4 is 0 Å². The molecule has 2 heterocycles. The van der Waals surface area contributed by atoms with E-state index in [1.807, 2.05) is 12.3 Å². The Morgan fingerprint density at radius 2 is 1.60 bits per heavy atom. The van der Waals surface area contributed by atoms with Crippen LogP contribution >= 0.6 is 0 Å². The lowest BCUT2D eigenvalue weighted by molar-refractivity contribution is 0.310. The molecule has 4 rings (SSSR count). The van der Waals surface area contributed by atoms with Crippen molar-refractivity contribution in [2.24, 2.45) is 5.92 Å².